The van der Waals surface area contributed by atoms with E-state index in [9.17, 15) is 0 Å². The van der Waals surface area contributed by atoms with Crippen molar-refractivity contribution in [1.29, 1.82) is 0 Å². The number of nitrogens with zero attached hydrogens (tertiary/aromatic N) is 4. The molecule has 0 aliphatic heterocycles. The van der Waals surface area contributed by atoms with Crippen LogP contribution < -0.4 is 0 Å². The molecular weight excluding hydrogens is 544 g/mol. The Balaban J connectivity index is 1.07. The Labute approximate surface area is 253 Å². The molecule has 44 heavy (non-hydrogen) atoms. The lowest BCUT2D eigenvalue weighted by Gasteiger charge is -2.09. The predicted molar refractivity (Wildman–Crippen MR) is 174 cm³/mol. The molecule has 0 aliphatic carbocycles. The Morgan fingerprint density at radius 2 is 0.773 bits per heavy atom. The first-order chi connectivity index (χ1) is 21.6. The zero-order valence-electron chi connectivity index (χ0n) is 24.2. The summed E-state index contributed by atoms with van der Waals surface area (Å²) in [6, 6.07) is 41.2. The third kappa shape index (κ3) is 4.44. The number of hydrogen-bond donors (Lipinski definition) is 0. The summed E-state index contributed by atoms with van der Waals surface area (Å²) in [5.74, 6) is 2.02. The van der Waals surface area contributed by atoms with Crippen LogP contribution in [0.1, 0.15) is 11.1 Å². The summed E-state index contributed by atoms with van der Waals surface area (Å²) in [4.78, 5) is 0. The first kappa shape index (κ1) is 25.8. The molecule has 0 radical (unpaired) electrons. The van der Waals surface area contributed by atoms with Crippen molar-refractivity contribution >= 4 is 21.5 Å². The fourth-order valence-corrected chi connectivity index (χ4v) is 5.87. The van der Waals surface area contributed by atoms with Crippen molar-refractivity contribution in [3.8, 4) is 56.9 Å². The minimum absolute atomic E-state index is 0.502. The van der Waals surface area contributed by atoms with Gasteiger partial charge < -0.3 is 8.83 Å². The average molecular weight is 571 g/mol. The Morgan fingerprint density at radius 3 is 1.20 bits per heavy atom. The van der Waals surface area contributed by atoms with Gasteiger partial charge in [-0.2, -0.15) is 0 Å². The van der Waals surface area contributed by atoms with E-state index in [0.717, 1.165) is 66.1 Å². The van der Waals surface area contributed by atoms with Gasteiger partial charge in [-0.25, -0.2) is 0 Å². The van der Waals surface area contributed by atoms with Gasteiger partial charge in [0.15, 0.2) is 0 Å². The van der Waals surface area contributed by atoms with Crippen molar-refractivity contribution in [3.63, 3.8) is 0 Å². The molecule has 8 rings (SSSR count). The van der Waals surface area contributed by atoms with E-state index in [4.69, 9.17) is 8.83 Å². The standard InChI is InChI=1S/C38H26N4O2/c1-23-21-27(17-19-29(23)35-39-41-37(43-35)33-15-7-11-25-9-3-5-13-31(25)33)28-18-20-30(24(2)22-28)36-40-42-38(44-36)34-16-8-12-26-10-4-6-14-32(26)34/h3-22H,1-2H3. The van der Waals surface area contributed by atoms with E-state index in [2.05, 4.69) is 94.9 Å². The number of rotatable bonds is 5. The van der Waals surface area contributed by atoms with Gasteiger partial charge in [0.1, 0.15) is 0 Å². The largest absolute Gasteiger partial charge is 0.416 e. The summed E-state index contributed by atoms with van der Waals surface area (Å²) < 4.78 is 12.4. The summed E-state index contributed by atoms with van der Waals surface area (Å²) in [5, 5.41) is 22.0. The second kappa shape index (κ2) is 10.4. The van der Waals surface area contributed by atoms with Crippen LogP contribution in [0.4, 0.5) is 0 Å². The Hall–Kier alpha value is -5.88. The smallest absolute Gasteiger partial charge is 0.248 e. The van der Waals surface area contributed by atoms with Crippen LogP contribution in [-0.4, -0.2) is 20.4 Å². The second-order valence-corrected chi connectivity index (χ2v) is 10.9. The van der Waals surface area contributed by atoms with E-state index in [1.807, 2.05) is 60.7 Å². The highest BCUT2D eigenvalue weighted by Crippen LogP contribution is 2.35. The van der Waals surface area contributed by atoms with Gasteiger partial charge in [-0.1, -0.05) is 97.1 Å². The van der Waals surface area contributed by atoms with Gasteiger partial charge in [0, 0.05) is 22.3 Å². The van der Waals surface area contributed by atoms with Crippen molar-refractivity contribution in [2.24, 2.45) is 0 Å². The van der Waals surface area contributed by atoms with Crippen LogP contribution in [-0.2, 0) is 0 Å². The van der Waals surface area contributed by atoms with Gasteiger partial charge in [0.25, 0.3) is 0 Å². The maximum atomic E-state index is 6.19. The molecule has 6 nitrogen and oxygen atoms in total. The van der Waals surface area contributed by atoms with Gasteiger partial charge in [-0.05, 0) is 81.9 Å². The van der Waals surface area contributed by atoms with Gasteiger partial charge in [-0.3, -0.25) is 0 Å². The maximum Gasteiger partial charge on any atom is 0.248 e. The van der Waals surface area contributed by atoms with Crippen molar-refractivity contribution < 1.29 is 8.83 Å². The molecule has 0 amide bonds. The topological polar surface area (TPSA) is 77.8 Å². The van der Waals surface area contributed by atoms with Crippen LogP contribution in [0.3, 0.4) is 0 Å². The molecule has 6 aromatic carbocycles. The highest BCUT2D eigenvalue weighted by atomic mass is 16.4. The molecule has 6 heteroatoms. The lowest BCUT2D eigenvalue weighted by atomic mass is 9.96. The van der Waals surface area contributed by atoms with Crippen LogP contribution in [0.5, 0.6) is 0 Å². The summed E-state index contributed by atoms with van der Waals surface area (Å²) in [5.41, 5.74) is 7.96. The van der Waals surface area contributed by atoms with Gasteiger partial charge in [0.05, 0.1) is 0 Å². The molecule has 8 aromatic rings. The molecule has 0 fully saturated rings. The maximum absolute atomic E-state index is 6.19. The molecule has 0 spiro atoms. The number of aryl methyl sites for hydroxylation is 2. The number of aromatic nitrogens is 4. The normalized spacial score (nSPS) is 11.4. The highest BCUT2D eigenvalue weighted by molar-refractivity contribution is 5.95. The van der Waals surface area contributed by atoms with Crippen molar-refractivity contribution in [2.45, 2.75) is 13.8 Å². The molecular formula is C38H26N4O2. The molecule has 0 bridgehead atoms. The Morgan fingerprint density at radius 1 is 0.386 bits per heavy atom. The quantitative estimate of drug-likeness (QED) is 0.205. The molecule has 0 N–H and O–H groups in total. The van der Waals surface area contributed by atoms with E-state index >= 15 is 0 Å². The lowest BCUT2D eigenvalue weighted by Crippen LogP contribution is -1.89. The minimum Gasteiger partial charge on any atom is -0.416 e. The number of benzene rings is 6. The van der Waals surface area contributed by atoms with E-state index in [-0.39, 0.29) is 0 Å². The summed E-state index contributed by atoms with van der Waals surface area (Å²) in [6.45, 7) is 4.13. The molecule has 0 aliphatic rings. The van der Waals surface area contributed by atoms with E-state index < -0.39 is 0 Å². The van der Waals surface area contributed by atoms with Crippen LogP contribution in [0.25, 0.3) is 78.5 Å². The van der Waals surface area contributed by atoms with Gasteiger partial charge in [0.2, 0.25) is 23.6 Å². The van der Waals surface area contributed by atoms with Crippen LogP contribution in [0.2, 0.25) is 0 Å². The zero-order valence-corrected chi connectivity index (χ0v) is 24.2. The third-order valence-electron chi connectivity index (χ3n) is 8.14. The third-order valence-corrected chi connectivity index (χ3v) is 8.14. The van der Waals surface area contributed by atoms with Gasteiger partial charge >= 0.3 is 0 Å². The molecule has 0 unspecified atom stereocenters. The van der Waals surface area contributed by atoms with E-state index in [0.29, 0.717) is 23.6 Å². The summed E-state index contributed by atoms with van der Waals surface area (Å²) in [6.07, 6.45) is 0. The number of hydrogen-bond acceptors (Lipinski definition) is 6. The minimum atomic E-state index is 0.502. The van der Waals surface area contributed by atoms with Gasteiger partial charge in [-0.15, -0.1) is 20.4 Å². The highest BCUT2D eigenvalue weighted by Gasteiger charge is 2.17. The van der Waals surface area contributed by atoms with Crippen molar-refractivity contribution in [2.75, 3.05) is 0 Å². The lowest BCUT2D eigenvalue weighted by molar-refractivity contribution is 0.584. The molecule has 2 heterocycles. The SMILES string of the molecule is Cc1cc(-c2ccc(-c3nnc(-c4cccc5ccccc45)o3)c(C)c2)ccc1-c1nnc(-c2cccc3ccccc23)o1. The Kier molecular flexibility index (Phi) is 6.12. The van der Waals surface area contributed by atoms with Crippen LogP contribution in [0, 0.1) is 13.8 Å². The fraction of sp³-hybridized carbons (Fsp3) is 0.0526. The average Bonchev–Trinajstić information content (AvgIpc) is 3.75. The predicted octanol–water partition coefficient (Wildman–Crippen LogP) is 9.71. The molecule has 0 saturated carbocycles. The van der Waals surface area contributed by atoms with E-state index in [1.54, 1.807) is 0 Å². The Bertz CT molecular complexity index is 2160. The summed E-state index contributed by atoms with van der Waals surface area (Å²) >= 11 is 0. The second-order valence-electron chi connectivity index (χ2n) is 10.9. The first-order valence-electron chi connectivity index (χ1n) is 14.5. The molecule has 0 atom stereocenters. The van der Waals surface area contributed by atoms with Crippen LogP contribution in [0.15, 0.2) is 130 Å². The van der Waals surface area contributed by atoms with Crippen molar-refractivity contribution in [3.05, 3.63) is 132 Å². The fourth-order valence-electron chi connectivity index (χ4n) is 5.87. The van der Waals surface area contributed by atoms with E-state index in [1.165, 1.54) is 0 Å². The monoisotopic (exact) mass is 570 g/mol. The zero-order chi connectivity index (χ0) is 29.6. The first-order valence-corrected chi connectivity index (χ1v) is 14.5. The van der Waals surface area contributed by atoms with Crippen LogP contribution >= 0.6 is 0 Å². The summed E-state index contributed by atoms with van der Waals surface area (Å²) in [7, 11) is 0. The number of fused-ring (bicyclic) bond motifs is 2. The molecule has 210 valence electrons. The van der Waals surface area contributed by atoms with Crippen molar-refractivity contribution in [1.82, 2.24) is 20.4 Å². The molecule has 2 aromatic heterocycles. The molecule has 0 saturated heterocycles.